The van der Waals surface area contributed by atoms with Gasteiger partial charge in [-0.3, -0.25) is 19.2 Å². The number of Topliss-reactive ketones (excluding diaryl/α,β-unsaturated/α-hetero) is 1. The molecule has 3 aliphatic carbocycles. The highest BCUT2D eigenvalue weighted by atomic mass is 16.7. The number of epoxide rings is 1. The molecule has 0 aromatic heterocycles. The first kappa shape index (κ1) is 30.9. The van der Waals surface area contributed by atoms with Gasteiger partial charge in [0.25, 0.3) is 0 Å². The zero-order valence-electron chi connectivity index (χ0n) is 25.6. The van der Waals surface area contributed by atoms with Gasteiger partial charge in [-0.05, 0) is 50.2 Å². The van der Waals surface area contributed by atoms with Gasteiger partial charge >= 0.3 is 23.9 Å². The molecule has 0 unspecified atom stereocenters. The van der Waals surface area contributed by atoms with Crippen molar-refractivity contribution in [2.75, 3.05) is 0 Å². The molecule has 10 nitrogen and oxygen atoms in total. The first-order valence-electron chi connectivity index (χ1n) is 14.2. The van der Waals surface area contributed by atoms with E-state index in [1.54, 1.807) is 39.8 Å². The molecule has 41 heavy (non-hydrogen) atoms. The second-order valence-electron chi connectivity index (χ2n) is 12.8. The smallest absolute Gasteiger partial charge is 0.333 e. The van der Waals surface area contributed by atoms with Crippen molar-refractivity contribution >= 4 is 29.7 Å². The molecule has 4 aliphatic rings. The van der Waals surface area contributed by atoms with Crippen LogP contribution in [0.3, 0.4) is 0 Å². The van der Waals surface area contributed by atoms with Crippen LogP contribution in [0.4, 0.5) is 0 Å². The van der Waals surface area contributed by atoms with Gasteiger partial charge in [0, 0.05) is 38.2 Å². The van der Waals surface area contributed by atoms with Gasteiger partial charge in [-0.2, -0.15) is 0 Å². The van der Waals surface area contributed by atoms with E-state index in [4.69, 9.17) is 23.7 Å². The highest BCUT2D eigenvalue weighted by Gasteiger charge is 2.84. The van der Waals surface area contributed by atoms with Gasteiger partial charge in [0.15, 0.2) is 23.1 Å². The van der Waals surface area contributed by atoms with E-state index < -0.39 is 82.7 Å². The van der Waals surface area contributed by atoms with Crippen LogP contribution in [0, 0.1) is 29.1 Å². The summed E-state index contributed by atoms with van der Waals surface area (Å²) in [5, 5.41) is 0. The lowest BCUT2D eigenvalue weighted by atomic mass is 9.80. The fraction of sp³-hybridized carbons (Fsp3) is 0.710. The van der Waals surface area contributed by atoms with Crippen molar-refractivity contribution < 1.29 is 47.7 Å². The van der Waals surface area contributed by atoms with Crippen LogP contribution in [0.5, 0.6) is 0 Å². The molecule has 0 N–H and O–H groups in total. The third-order valence-electron chi connectivity index (χ3n) is 9.57. The van der Waals surface area contributed by atoms with Gasteiger partial charge in [0.2, 0.25) is 0 Å². The molecule has 1 heterocycles. The molecular weight excluding hydrogens is 532 g/mol. The predicted molar refractivity (Wildman–Crippen MR) is 145 cm³/mol. The number of allylic oxidation sites excluding steroid dienone is 1. The zero-order chi connectivity index (χ0) is 30.8. The van der Waals surface area contributed by atoms with Gasteiger partial charge < -0.3 is 23.7 Å². The molecule has 0 amide bonds. The van der Waals surface area contributed by atoms with Gasteiger partial charge in [-0.25, -0.2) is 4.79 Å². The Morgan fingerprint density at radius 2 is 1.46 bits per heavy atom. The molecule has 1 aliphatic heterocycles. The number of fused-ring (bicyclic) bond motifs is 1. The molecule has 0 radical (unpaired) electrons. The molecule has 10 heteroatoms. The van der Waals surface area contributed by atoms with E-state index in [0.717, 1.165) is 0 Å². The highest BCUT2D eigenvalue weighted by molar-refractivity contribution is 5.96. The van der Waals surface area contributed by atoms with E-state index in [0.29, 0.717) is 17.6 Å². The van der Waals surface area contributed by atoms with Crippen LogP contribution >= 0.6 is 0 Å². The van der Waals surface area contributed by atoms with Gasteiger partial charge in [-0.1, -0.05) is 33.8 Å². The number of ketones is 1. The predicted octanol–water partition coefficient (Wildman–Crippen LogP) is 3.64. The molecule has 3 fully saturated rings. The minimum Gasteiger partial charge on any atom is -0.461 e. The average molecular weight is 575 g/mol. The second-order valence-corrected chi connectivity index (χ2v) is 12.8. The summed E-state index contributed by atoms with van der Waals surface area (Å²) in [6.07, 6.45) is -0.0199. The first-order valence-corrected chi connectivity index (χ1v) is 14.2. The van der Waals surface area contributed by atoms with Crippen molar-refractivity contribution in [3.63, 3.8) is 0 Å². The minimum absolute atomic E-state index is 0.230. The minimum atomic E-state index is -1.32. The number of carbonyl (C=O) groups excluding carboxylic acids is 5. The lowest BCUT2D eigenvalue weighted by Crippen LogP contribution is -2.43. The van der Waals surface area contributed by atoms with E-state index >= 15 is 0 Å². The lowest BCUT2D eigenvalue weighted by molar-refractivity contribution is -0.165. The fourth-order valence-corrected chi connectivity index (χ4v) is 7.53. The second kappa shape index (κ2) is 10.4. The van der Waals surface area contributed by atoms with E-state index in [1.807, 2.05) is 20.8 Å². The van der Waals surface area contributed by atoms with Gasteiger partial charge in [0.05, 0.1) is 5.92 Å². The van der Waals surface area contributed by atoms with Crippen LogP contribution in [0.25, 0.3) is 0 Å². The van der Waals surface area contributed by atoms with Crippen molar-refractivity contribution in [1.82, 2.24) is 0 Å². The zero-order valence-corrected chi connectivity index (χ0v) is 25.6. The van der Waals surface area contributed by atoms with Crippen molar-refractivity contribution in [3.05, 3.63) is 23.3 Å². The first-order chi connectivity index (χ1) is 18.9. The van der Waals surface area contributed by atoms with Crippen molar-refractivity contribution in [1.29, 1.82) is 0 Å². The van der Waals surface area contributed by atoms with E-state index in [2.05, 4.69) is 0 Å². The lowest BCUT2D eigenvalue weighted by Gasteiger charge is -2.30. The quantitative estimate of drug-likeness (QED) is 0.157. The van der Waals surface area contributed by atoms with Crippen molar-refractivity contribution in [2.45, 2.75) is 111 Å². The molecular formula is C31H42O10. The summed E-state index contributed by atoms with van der Waals surface area (Å²) in [6, 6.07) is 0. The number of ether oxygens (including phenoxy) is 5. The highest BCUT2D eigenvalue weighted by Crippen LogP contribution is 2.68. The maximum absolute atomic E-state index is 14.3. The third-order valence-corrected chi connectivity index (χ3v) is 9.57. The van der Waals surface area contributed by atoms with Crippen LogP contribution in [0.2, 0.25) is 0 Å². The van der Waals surface area contributed by atoms with E-state index in [9.17, 15) is 24.0 Å². The molecule has 4 rings (SSSR count). The van der Waals surface area contributed by atoms with Crippen molar-refractivity contribution in [2.24, 2.45) is 29.1 Å². The van der Waals surface area contributed by atoms with Crippen molar-refractivity contribution in [3.8, 4) is 0 Å². The molecule has 10 atom stereocenters. The average Bonchev–Trinajstić information content (AvgIpc) is 3.66. The monoisotopic (exact) mass is 574 g/mol. The molecule has 1 saturated heterocycles. The Kier molecular flexibility index (Phi) is 7.82. The Labute approximate surface area is 241 Å². The Balaban J connectivity index is 1.95. The topological polar surface area (TPSA) is 135 Å². The summed E-state index contributed by atoms with van der Waals surface area (Å²) in [5.41, 5.74) is -2.31. The number of carbonyl (C=O) groups is 5. The fourth-order valence-electron chi connectivity index (χ4n) is 7.53. The maximum atomic E-state index is 14.3. The third kappa shape index (κ3) is 4.91. The molecule has 0 bridgehead atoms. The van der Waals surface area contributed by atoms with Gasteiger partial charge in [-0.15, -0.1) is 0 Å². The van der Waals surface area contributed by atoms with E-state index in [1.165, 1.54) is 20.8 Å². The van der Waals surface area contributed by atoms with Crippen LogP contribution in [-0.4, -0.2) is 65.3 Å². The Morgan fingerprint density at radius 3 is 2.00 bits per heavy atom. The summed E-state index contributed by atoms with van der Waals surface area (Å²) >= 11 is 0. The normalized spacial score (nSPS) is 42.1. The largest absolute Gasteiger partial charge is 0.461 e. The molecule has 226 valence electrons. The van der Waals surface area contributed by atoms with Gasteiger partial charge in [0.1, 0.15) is 18.3 Å². The SMILES string of the molecule is C/C=C(\C)C(=O)O[C@@H]1[C@H]2[C@@H]([C@H](OC(C)=O)[C@H](C)C(=O)[C@@]34C[C@H](C)[C@H](OC(C)=O)[C@]3(/C=C(\C)[C@H]1OC(C)=O)O4)C2(C)C. The Hall–Kier alpha value is -3.01. The summed E-state index contributed by atoms with van der Waals surface area (Å²) in [7, 11) is 0. The van der Waals surface area contributed by atoms with Crippen LogP contribution in [0.15, 0.2) is 23.3 Å². The molecule has 0 aromatic rings. The maximum Gasteiger partial charge on any atom is 0.333 e. The number of rotatable bonds is 5. The summed E-state index contributed by atoms with van der Waals surface area (Å²) < 4.78 is 29.8. The number of esters is 4. The van der Waals surface area contributed by atoms with Crippen LogP contribution < -0.4 is 0 Å². The molecule has 0 spiro atoms. The summed E-state index contributed by atoms with van der Waals surface area (Å²) in [4.78, 5) is 64.4. The Morgan fingerprint density at radius 1 is 0.902 bits per heavy atom. The molecule has 0 aromatic carbocycles. The van der Waals surface area contributed by atoms with Crippen LogP contribution in [0.1, 0.15) is 75.7 Å². The number of hydrogen-bond acceptors (Lipinski definition) is 10. The number of hydrogen-bond donors (Lipinski definition) is 0. The molecule has 2 saturated carbocycles. The summed E-state index contributed by atoms with van der Waals surface area (Å²) in [5.74, 6) is -4.31. The van der Waals surface area contributed by atoms with E-state index in [-0.39, 0.29) is 11.7 Å². The summed E-state index contributed by atoms with van der Waals surface area (Å²) in [6.45, 7) is 16.5. The Bertz CT molecular complexity index is 1230. The van der Waals surface area contributed by atoms with Crippen LogP contribution in [-0.2, 0) is 47.7 Å². The standard InChI is InChI=1S/C31H42O10/c1-11-14(2)28(36)40-25-22-21(29(22,9)10)24(38-19(7)33)17(5)26(35)30-13-16(4)27(39-20(8)34)31(30,41-30)12-15(3)23(25)37-18(6)32/h11-12,16-17,21-25,27H,13H2,1-10H3/b14-11+,15-12+/t16-,17-,21-,22+,23+,24+,25+,27-,30-,31-/m0/s1.